The zero-order chi connectivity index (χ0) is 12.5. The van der Waals surface area contributed by atoms with E-state index in [2.05, 4.69) is 10.3 Å². The predicted octanol–water partition coefficient (Wildman–Crippen LogP) is 2.29. The maximum absolute atomic E-state index is 11.5. The Hall–Kier alpha value is -1.07. The predicted molar refractivity (Wildman–Crippen MR) is 70.2 cm³/mol. The maximum Gasteiger partial charge on any atom is 0.224 e. The van der Waals surface area contributed by atoms with Gasteiger partial charge in [0.05, 0.1) is 11.9 Å². The van der Waals surface area contributed by atoms with E-state index in [-0.39, 0.29) is 12.5 Å². The monoisotopic (exact) mass is 254 g/mol. The number of hydrogen-bond acceptors (Lipinski definition) is 4. The van der Waals surface area contributed by atoms with Crippen molar-refractivity contribution in [1.29, 1.82) is 0 Å². The van der Waals surface area contributed by atoms with Crippen LogP contribution in [0.1, 0.15) is 26.2 Å². The zero-order valence-corrected chi connectivity index (χ0v) is 10.8. The van der Waals surface area contributed by atoms with Crippen LogP contribution in [0.25, 0.3) is 0 Å². The number of carbonyl (C=O) groups is 1. The molecule has 4 nitrogen and oxygen atoms in total. The van der Waals surface area contributed by atoms with Gasteiger partial charge in [-0.1, -0.05) is 6.92 Å². The number of aliphatic hydroxyl groups is 1. The van der Waals surface area contributed by atoms with Crippen LogP contribution >= 0.6 is 11.8 Å². The fraction of sp³-hybridized carbons (Fsp3) is 0.500. The second kappa shape index (κ2) is 8.08. The Kier molecular flexibility index (Phi) is 6.65. The molecule has 1 rings (SSSR count). The van der Waals surface area contributed by atoms with Crippen LogP contribution < -0.4 is 5.32 Å². The Labute approximate surface area is 106 Å². The lowest BCUT2D eigenvalue weighted by Crippen LogP contribution is -2.11. The van der Waals surface area contributed by atoms with Gasteiger partial charge in [-0.15, -0.1) is 11.8 Å². The van der Waals surface area contributed by atoms with Crippen LogP contribution in [0.4, 0.5) is 5.69 Å². The van der Waals surface area contributed by atoms with Gasteiger partial charge in [-0.05, 0) is 18.9 Å². The third kappa shape index (κ3) is 5.19. The fourth-order valence-electron chi connectivity index (χ4n) is 1.29. The minimum Gasteiger partial charge on any atom is -0.396 e. The van der Waals surface area contributed by atoms with Crippen molar-refractivity contribution in [3.8, 4) is 0 Å². The first-order chi connectivity index (χ1) is 8.27. The third-order valence-electron chi connectivity index (χ3n) is 2.09. The van der Waals surface area contributed by atoms with E-state index in [1.165, 1.54) is 0 Å². The molecule has 0 aliphatic rings. The summed E-state index contributed by atoms with van der Waals surface area (Å²) in [5.41, 5.74) is 0.758. The highest BCUT2D eigenvalue weighted by Crippen LogP contribution is 2.26. The molecule has 0 aliphatic heterocycles. The molecule has 0 spiro atoms. The van der Waals surface area contributed by atoms with Gasteiger partial charge in [-0.2, -0.15) is 0 Å². The number of aliphatic hydroxyl groups excluding tert-OH is 1. The lowest BCUT2D eigenvalue weighted by atomic mass is 10.3. The molecule has 0 radical (unpaired) electrons. The Morgan fingerprint density at radius 3 is 3.12 bits per heavy atom. The van der Waals surface area contributed by atoms with Gasteiger partial charge in [0.15, 0.2) is 0 Å². The molecule has 0 unspecified atom stereocenters. The van der Waals surface area contributed by atoms with E-state index in [4.69, 9.17) is 5.11 Å². The first-order valence-electron chi connectivity index (χ1n) is 5.75. The van der Waals surface area contributed by atoms with Gasteiger partial charge >= 0.3 is 0 Å². The molecule has 5 heteroatoms. The molecule has 0 bridgehead atoms. The quantitative estimate of drug-likeness (QED) is 0.579. The second-order valence-electron chi connectivity index (χ2n) is 3.60. The molecule has 2 N–H and O–H groups in total. The largest absolute Gasteiger partial charge is 0.396 e. The number of rotatable bonds is 7. The molecular weight excluding hydrogens is 236 g/mol. The summed E-state index contributed by atoms with van der Waals surface area (Å²) in [4.78, 5) is 16.5. The number of anilines is 1. The van der Waals surface area contributed by atoms with Crippen LogP contribution in [-0.4, -0.2) is 28.4 Å². The summed E-state index contributed by atoms with van der Waals surface area (Å²) < 4.78 is 0. The Balaban J connectivity index is 2.60. The van der Waals surface area contributed by atoms with Gasteiger partial charge in [0.1, 0.15) is 0 Å². The molecule has 0 aliphatic carbocycles. The summed E-state index contributed by atoms with van der Waals surface area (Å²) in [6, 6.07) is 1.88. The van der Waals surface area contributed by atoms with Crippen molar-refractivity contribution in [1.82, 2.24) is 4.98 Å². The molecule has 17 heavy (non-hydrogen) atoms. The van der Waals surface area contributed by atoms with E-state index < -0.39 is 0 Å². The molecule has 1 aromatic rings. The topological polar surface area (TPSA) is 62.2 Å². The number of nitrogens with zero attached hydrogens (tertiary/aromatic N) is 1. The van der Waals surface area contributed by atoms with Crippen LogP contribution in [0.2, 0.25) is 0 Å². The summed E-state index contributed by atoms with van der Waals surface area (Å²) in [7, 11) is 0. The number of thioether (sulfide) groups is 1. The van der Waals surface area contributed by atoms with Crippen molar-refractivity contribution in [2.75, 3.05) is 17.7 Å². The second-order valence-corrected chi connectivity index (χ2v) is 4.73. The lowest BCUT2D eigenvalue weighted by molar-refractivity contribution is -0.116. The fourth-order valence-corrected chi connectivity index (χ4v) is 2.20. The zero-order valence-electron chi connectivity index (χ0n) is 9.98. The van der Waals surface area contributed by atoms with E-state index in [9.17, 15) is 4.79 Å². The van der Waals surface area contributed by atoms with Gasteiger partial charge in [-0.3, -0.25) is 9.78 Å². The molecule has 0 saturated carbocycles. The number of amides is 1. The Bertz CT molecular complexity index is 358. The van der Waals surface area contributed by atoms with Crippen LogP contribution in [0, 0.1) is 0 Å². The van der Waals surface area contributed by atoms with Crippen LogP contribution in [0.5, 0.6) is 0 Å². The highest BCUT2D eigenvalue weighted by atomic mass is 32.2. The summed E-state index contributed by atoms with van der Waals surface area (Å²) in [5.74, 6) is 0.849. The van der Waals surface area contributed by atoms with Gasteiger partial charge in [0, 0.05) is 29.9 Å². The summed E-state index contributed by atoms with van der Waals surface area (Å²) in [5, 5.41) is 11.6. The van der Waals surface area contributed by atoms with E-state index >= 15 is 0 Å². The first kappa shape index (κ1) is 14.0. The molecule has 0 saturated heterocycles. The van der Waals surface area contributed by atoms with Crippen molar-refractivity contribution in [2.45, 2.75) is 31.1 Å². The van der Waals surface area contributed by atoms with Crippen molar-refractivity contribution in [3.63, 3.8) is 0 Å². The maximum atomic E-state index is 11.5. The van der Waals surface area contributed by atoms with E-state index in [1.807, 2.05) is 13.0 Å². The minimum absolute atomic E-state index is 0.0181. The number of nitrogens with one attached hydrogen (secondary N) is 1. The highest BCUT2D eigenvalue weighted by Gasteiger charge is 2.06. The molecule has 1 heterocycles. The molecule has 0 fully saturated rings. The smallest absolute Gasteiger partial charge is 0.224 e. The van der Waals surface area contributed by atoms with Crippen molar-refractivity contribution in [3.05, 3.63) is 18.5 Å². The lowest BCUT2D eigenvalue weighted by Gasteiger charge is -2.09. The average Bonchev–Trinajstić information content (AvgIpc) is 2.32. The first-order valence-corrected chi connectivity index (χ1v) is 6.74. The number of pyridine rings is 1. The Morgan fingerprint density at radius 2 is 2.41 bits per heavy atom. The van der Waals surface area contributed by atoms with Crippen LogP contribution in [0.3, 0.4) is 0 Å². The molecule has 1 aromatic heterocycles. The van der Waals surface area contributed by atoms with Crippen LogP contribution in [0.15, 0.2) is 23.4 Å². The van der Waals surface area contributed by atoms with Crippen LogP contribution in [-0.2, 0) is 4.79 Å². The molecule has 1 amide bonds. The van der Waals surface area contributed by atoms with E-state index in [0.717, 1.165) is 29.2 Å². The van der Waals surface area contributed by atoms with Gasteiger partial charge in [0.2, 0.25) is 5.91 Å². The van der Waals surface area contributed by atoms with Gasteiger partial charge in [0.25, 0.3) is 0 Å². The summed E-state index contributed by atoms with van der Waals surface area (Å²) in [6.07, 6.45) is 5.47. The summed E-state index contributed by atoms with van der Waals surface area (Å²) >= 11 is 1.62. The number of aromatic nitrogens is 1. The van der Waals surface area contributed by atoms with Crippen molar-refractivity contribution in [2.24, 2.45) is 0 Å². The van der Waals surface area contributed by atoms with Crippen molar-refractivity contribution < 1.29 is 9.90 Å². The van der Waals surface area contributed by atoms with Gasteiger partial charge < -0.3 is 10.4 Å². The Morgan fingerprint density at radius 1 is 1.59 bits per heavy atom. The highest BCUT2D eigenvalue weighted by molar-refractivity contribution is 7.99. The minimum atomic E-state index is 0.0181. The molecule has 0 aromatic carbocycles. The SMILES string of the molecule is CCCC(=O)Nc1cnccc1SCCCO. The van der Waals surface area contributed by atoms with Gasteiger partial charge in [-0.25, -0.2) is 0 Å². The molecule has 0 atom stereocenters. The molecule has 94 valence electrons. The normalized spacial score (nSPS) is 10.2. The number of carbonyl (C=O) groups excluding carboxylic acids is 1. The molecular formula is C12H18N2O2S. The summed E-state index contributed by atoms with van der Waals surface area (Å²) in [6.45, 7) is 2.16. The van der Waals surface area contributed by atoms with E-state index in [1.54, 1.807) is 24.2 Å². The number of hydrogen-bond donors (Lipinski definition) is 2. The average molecular weight is 254 g/mol. The van der Waals surface area contributed by atoms with E-state index in [0.29, 0.717) is 6.42 Å². The van der Waals surface area contributed by atoms with Crippen molar-refractivity contribution >= 4 is 23.4 Å². The standard InChI is InChI=1S/C12H18N2O2S/c1-2-4-12(16)14-10-9-13-6-5-11(10)17-8-3-7-15/h5-6,9,15H,2-4,7-8H2,1H3,(H,14,16). The third-order valence-corrected chi connectivity index (χ3v) is 3.25.